The number of ether oxygens (including phenoxy) is 1. The third-order valence-electron chi connectivity index (χ3n) is 8.00. The number of hydrogen-bond donors (Lipinski definition) is 1. The van der Waals surface area contributed by atoms with Crippen molar-refractivity contribution in [2.45, 2.75) is 58.7 Å². The Morgan fingerprint density at radius 2 is 1.66 bits per heavy atom. The quantitative estimate of drug-likeness (QED) is 0.313. The predicted octanol–water partition coefficient (Wildman–Crippen LogP) is 7.26. The summed E-state index contributed by atoms with van der Waals surface area (Å²) in [5.74, 6) is 0.833. The Kier molecular flexibility index (Phi) is 6.12. The Labute approximate surface area is 225 Å². The van der Waals surface area contributed by atoms with Gasteiger partial charge in [-0.2, -0.15) is 0 Å². The van der Waals surface area contributed by atoms with E-state index in [2.05, 4.69) is 85.8 Å². The highest BCUT2D eigenvalue weighted by Gasteiger charge is 2.28. The van der Waals surface area contributed by atoms with Gasteiger partial charge in [-0.15, -0.1) is 0 Å². The molecule has 1 saturated heterocycles. The maximum Gasteiger partial charge on any atom is 0.134 e. The molecule has 4 aromatic rings. The van der Waals surface area contributed by atoms with E-state index < -0.39 is 0 Å². The first-order valence-electron chi connectivity index (χ1n) is 13.7. The molecule has 2 aliphatic heterocycles. The molecule has 3 aromatic carbocycles. The molecule has 0 atom stereocenters. The third kappa shape index (κ3) is 4.85. The number of nitrogens with zero attached hydrogens (tertiary/aromatic N) is 2. The lowest BCUT2D eigenvalue weighted by atomic mass is 9.86. The van der Waals surface area contributed by atoms with Gasteiger partial charge in [0.25, 0.3) is 0 Å². The number of nitrogens with one attached hydrogen (secondary N) is 1. The molecule has 2 aliphatic rings. The number of fused-ring (bicyclic) bond motifs is 5. The summed E-state index contributed by atoms with van der Waals surface area (Å²) in [6, 6.07) is 16.1. The van der Waals surface area contributed by atoms with Gasteiger partial charge in [-0.05, 0) is 72.9 Å². The number of piperazine rings is 1. The molecule has 38 heavy (non-hydrogen) atoms. The minimum Gasteiger partial charge on any atom is -0.483 e. The van der Waals surface area contributed by atoms with E-state index in [0.717, 1.165) is 67.2 Å². The second kappa shape index (κ2) is 9.25. The molecular weight excluding hydrogens is 473 g/mol. The van der Waals surface area contributed by atoms with E-state index in [1.165, 1.54) is 28.0 Å². The molecule has 0 saturated carbocycles. The van der Waals surface area contributed by atoms with Crippen molar-refractivity contribution in [2.75, 3.05) is 26.2 Å². The predicted molar refractivity (Wildman–Crippen MR) is 155 cm³/mol. The van der Waals surface area contributed by atoms with Crippen LogP contribution in [-0.4, -0.2) is 46.6 Å². The molecule has 0 unspecified atom stereocenters. The lowest BCUT2D eigenvalue weighted by molar-refractivity contribution is 0.117. The van der Waals surface area contributed by atoms with Crippen LogP contribution >= 0.6 is 0 Å². The van der Waals surface area contributed by atoms with Crippen LogP contribution in [0.2, 0.25) is 0 Å². The molecule has 1 fully saturated rings. The summed E-state index contributed by atoms with van der Waals surface area (Å²) in [6.45, 7) is 16.6. The molecule has 1 N–H and O–H groups in total. The summed E-state index contributed by atoms with van der Waals surface area (Å²) in [5, 5.41) is 2.53. The highest BCUT2D eigenvalue weighted by molar-refractivity contribution is 6.11. The van der Waals surface area contributed by atoms with Crippen LogP contribution < -0.4 is 4.74 Å². The average molecular weight is 512 g/mol. The fourth-order valence-electron chi connectivity index (χ4n) is 5.79. The van der Waals surface area contributed by atoms with E-state index in [9.17, 15) is 4.39 Å². The summed E-state index contributed by atoms with van der Waals surface area (Å²) < 4.78 is 20.2. The third-order valence-corrected chi connectivity index (χ3v) is 8.00. The van der Waals surface area contributed by atoms with Crippen LogP contribution in [0.15, 0.2) is 54.6 Å². The maximum absolute atomic E-state index is 13.6. The average Bonchev–Trinajstić information content (AvgIpc) is 3.22. The van der Waals surface area contributed by atoms with E-state index in [4.69, 9.17) is 4.74 Å². The first-order chi connectivity index (χ1) is 18.1. The number of hydrogen-bond acceptors (Lipinski definition) is 3. The van der Waals surface area contributed by atoms with Gasteiger partial charge in [-0.25, -0.2) is 4.39 Å². The highest BCUT2D eigenvalue weighted by atomic mass is 19.1. The lowest BCUT2D eigenvalue weighted by Gasteiger charge is -2.36. The fourth-order valence-corrected chi connectivity index (χ4v) is 5.79. The molecule has 0 spiro atoms. The minimum absolute atomic E-state index is 0.0903. The first-order valence-corrected chi connectivity index (χ1v) is 13.7. The SMILES string of the molecule is CC1(C)C=Cc2c(c(CN3CCN(Cc4cccc(F)c4)CC3)cc3c2[nH]c2ccc(C(C)(C)C)cc23)O1. The van der Waals surface area contributed by atoms with Crippen molar-refractivity contribution in [3.8, 4) is 5.75 Å². The Balaban J connectivity index is 1.31. The molecule has 0 bridgehead atoms. The van der Waals surface area contributed by atoms with Crippen LogP contribution in [0.3, 0.4) is 0 Å². The number of aromatic amines is 1. The van der Waals surface area contributed by atoms with E-state index >= 15 is 0 Å². The van der Waals surface area contributed by atoms with E-state index in [0.29, 0.717) is 0 Å². The molecule has 5 heteroatoms. The van der Waals surface area contributed by atoms with Gasteiger partial charge in [0.1, 0.15) is 17.2 Å². The molecule has 0 amide bonds. The topological polar surface area (TPSA) is 31.5 Å². The van der Waals surface area contributed by atoms with Crippen LogP contribution in [0.25, 0.3) is 27.9 Å². The maximum atomic E-state index is 13.6. The second-order valence-corrected chi connectivity index (χ2v) is 12.6. The molecule has 0 aliphatic carbocycles. The summed E-state index contributed by atoms with van der Waals surface area (Å²) in [5.41, 5.74) is 6.83. The van der Waals surface area contributed by atoms with Crippen molar-refractivity contribution in [3.63, 3.8) is 0 Å². The summed E-state index contributed by atoms with van der Waals surface area (Å²) in [6.07, 6.45) is 4.40. The molecule has 1 aromatic heterocycles. The Bertz CT molecular complexity index is 1530. The van der Waals surface area contributed by atoms with Crippen LogP contribution in [0.4, 0.5) is 4.39 Å². The van der Waals surface area contributed by atoms with Gasteiger partial charge in [-0.3, -0.25) is 9.80 Å². The van der Waals surface area contributed by atoms with Crippen LogP contribution in [-0.2, 0) is 18.5 Å². The van der Waals surface area contributed by atoms with Crippen LogP contribution in [0.5, 0.6) is 5.75 Å². The molecule has 0 radical (unpaired) electrons. The van der Waals surface area contributed by atoms with E-state index in [-0.39, 0.29) is 16.8 Å². The van der Waals surface area contributed by atoms with Gasteiger partial charge in [0, 0.05) is 66.7 Å². The van der Waals surface area contributed by atoms with Crippen LogP contribution in [0.1, 0.15) is 56.9 Å². The molecular formula is C33H38FN3O. The number of H-pyrrole nitrogens is 1. The van der Waals surface area contributed by atoms with Crippen molar-refractivity contribution in [1.29, 1.82) is 0 Å². The number of benzene rings is 3. The highest BCUT2D eigenvalue weighted by Crippen LogP contribution is 2.42. The summed E-state index contributed by atoms with van der Waals surface area (Å²) in [4.78, 5) is 8.64. The normalized spacial score (nSPS) is 18.2. The number of aromatic nitrogens is 1. The number of halogens is 1. The zero-order chi connectivity index (χ0) is 26.7. The lowest BCUT2D eigenvalue weighted by Crippen LogP contribution is -2.45. The molecule has 4 nitrogen and oxygen atoms in total. The van der Waals surface area contributed by atoms with Gasteiger partial charge in [-0.1, -0.05) is 39.0 Å². The van der Waals surface area contributed by atoms with Gasteiger partial charge in [0.2, 0.25) is 0 Å². The fraction of sp³-hybridized carbons (Fsp3) is 0.394. The first kappa shape index (κ1) is 25.1. The zero-order valence-electron chi connectivity index (χ0n) is 23.2. The standard InChI is InChI=1S/C33H38FN3O/c1-32(2,3)24-9-10-29-27(19-24)28-18-23(31-26(30(28)35-29)11-12-33(4,5)38-31)21-37-15-13-36(14-16-37)20-22-7-6-8-25(34)17-22/h6-12,17-19,35H,13-16,20-21H2,1-5H3. The largest absolute Gasteiger partial charge is 0.483 e. The smallest absolute Gasteiger partial charge is 0.134 e. The van der Waals surface area contributed by atoms with Crippen molar-refractivity contribution in [1.82, 2.24) is 14.8 Å². The molecule has 3 heterocycles. The summed E-state index contributed by atoms with van der Waals surface area (Å²) in [7, 11) is 0. The monoisotopic (exact) mass is 511 g/mol. The second-order valence-electron chi connectivity index (χ2n) is 12.6. The molecule has 6 rings (SSSR count). The number of rotatable bonds is 4. The Hall–Kier alpha value is -3.15. The van der Waals surface area contributed by atoms with Gasteiger partial charge in [0.15, 0.2) is 0 Å². The Morgan fingerprint density at radius 1 is 0.921 bits per heavy atom. The summed E-state index contributed by atoms with van der Waals surface area (Å²) >= 11 is 0. The van der Waals surface area contributed by atoms with Gasteiger partial charge in [0.05, 0.1) is 5.52 Å². The van der Waals surface area contributed by atoms with Crippen molar-refractivity contribution in [2.24, 2.45) is 0 Å². The molecule has 198 valence electrons. The van der Waals surface area contributed by atoms with Gasteiger partial charge >= 0.3 is 0 Å². The van der Waals surface area contributed by atoms with E-state index in [1.807, 2.05) is 6.07 Å². The Morgan fingerprint density at radius 3 is 2.37 bits per heavy atom. The van der Waals surface area contributed by atoms with Crippen LogP contribution in [0, 0.1) is 5.82 Å². The van der Waals surface area contributed by atoms with Gasteiger partial charge < -0.3 is 9.72 Å². The van der Waals surface area contributed by atoms with E-state index in [1.54, 1.807) is 12.1 Å². The minimum atomic E-state index is -0.343. The van der Waals surface area contributed by atoms with Crippen molar-refractivity contribution >= 4 is 27.9 Å². The van der Waals surface area contributed by atoms with Crippen molar-refractivity contribution in [3.05, 3.63) is 82.7 Å². The van der Waals surface area contributed by atoms with Crippen molar-refractivity contribution < 1.29 is 9.13 Å². The zero-order valence-corrected chi connectivity index (χ0v) is 23.2.